The van der Waals surface area contributed by atoms with Crippen molar-refractivity contribution in [3.63, 3.8) is 0 Å². The van der Waals surface area contributed by atoms with Gasteiger partial charge in [-0.1, -0.05) is 18.2 Å². The van der Waals surface area contributed by atoms with Gasteiger partial charge >= 0.3 is 0 Å². The maximum atomic E-state index is 13.1. The summed E-state index contributed by atoms with van der Waals surface area (Å²) in [6.07, 6.45) is 1.03. The normalized spacial score (nSPS) is 15.7. The predicted molar refractivity (Wildman–Crippen MR) is 121 cm³/mol. The minimum atomic E-state index is -0.00644. The molecule has 2 heterocycles. The minimum absolute atomic E-state index is 0. The number of benzene rings is 2. The van der Waals surface area contributed by atoms with Gasteiger partial charge in [0.2, 0.25) is 0 Å². The van der Waals surface area contributed by atoms with Gasteiger partial charge in [0, 0.05) is 18.7 Å². The maximum Gasteiger partial charge on any atom is 0.274 e. The molecule has 7 heteroatoms. The second-order valence-electron chi connectivity index (χ2n) is 7.35. The van der Waals surface area contributed by atoms with Crippen molar-refractivity contribution in [1.82, 2.24) is 20.0 Å². The molecule has 1 unspecified atom stereocenters. The molecule has 0 saturated carbocycles. The highest BCUT2D eigenvalue weighted by atomic mass is 35.5. The van der Waals surface area contributed by atoms with Crippen LogP contribution in [-0.2, 0) is 0 Å². The molecule has 3 aromatic rings. The van der Waals surface area contributed by atoms with Crippen LogP contribution < -0.4 is 10.1 Å². The molecule has 1 aliphatic heterocycles. The average Bonchev–Trinajstić information content (AvgIpc) is 3.42. The average molecular weight is 427 g/mol. The van der Waals surface area contributed by atoms with Crippen molar-refractivity contribution in [2.75, 3.05) is 33.8 Å². The van der Waals surface area contributed by atoms with Crippen LogP contribution in [0.15, 0.2) is 60.7 Å². The zero-order chi connectivity index (χ0) is 20.2. The molecule has 1 aromatic heterocycles. The molecule has 0 spiro atoms. The quantitative estimate of drug-likeness (QED) is 0.653. The molecule has 1 N–H and O–H groups in total. The molecule has 0 bridgehead atoms. The molecule has 158 valence electrons. The smallest absolute Gasteiger partial charge is 0.274 e. The Bertz CT molecular complexity index is 973. The van der Waals surface area contributed by atoms with Crippen molar-refractivity contribution in [2.24, 2.45) is 5.92 Å². The van der Waals surface area contributed by atoms with Crippen LogP contribution in [0, 0.1) is 5.92 Å². The second kappa shape index (κ2) is 9.78. The Morgan fingerprint density at radius 1 is 1.17 bits per heavy atom. The fourth-order valence-electron chi connectivity index (χ4n) is 3.85. The van der Waals surface area contributed by atoms with Crippen LogP contribution in [-0.4, -0.2) is 54.4 Å². The van der Waals surface area contributed by atoms with Gasteiger partial charge in [-0.2, -0.15) is 5.10 Å². The Kier molecular flexibility index (Phi) is 7.13. The summed E-state index contributed by atoms with van der Waals surface area (Å²) in [5.74, 6) is 1.29. The first-order valence-electron chi connectivity index (χ1n) is 9.93. The number of nitrogens with zero attached hydrogens (tertiary/aromatic N) is 3. The largest absolute Gasteiger partial charge is 0.497 e. The van der Waals surface area contributed by atoms with E-state index >= 15 is 0 Å². The van der Waals surface area contributed by atoms with Gasteiger partial charge in [0.15, 0.2) is 5.69 Å². The van der Waals surface area contributed by atoms with Crippen molar-refractivity contribution in [1.29, 1.82) is 0 Å². The molecule has 1 saturated heterocycles. The molecule has 1 atom stereocenters. The van der Waals surface area contributed by atoms with Gasteiger partial charge in [-0.15, -0.1) is 12.4 Å². The standard InChI is InChI=1S/C23H26N4O2.ClH/c1-24-15-17-12-13-26(16-17)23(28)21-14-22(18-8-10-20(29-2)11-9-18)27(25-21)19-6-4-3-5-7-19;/h3-11,14,17,24H,12-13,15-16H2,1-2H3;1H. The number of rotatable bonds is 6. The van der Waals surface area contributed by atoms with Crippen LogP contribution in [0.2, 0.25) is 0 Å². The van der Waals surface area contributed by atoms with Crippen LogP contribution in [0.1, 0.15) is 16.9 Å². The second-order valence-corrected chi connectivity index (χ2v) is 7.35. The molecule has 0 aliphatic carbocycles. The number of methoxy groups -OCH3 is 1. The van der Waals surface area contributed by atoms with E-state index in [-0.39, 0.29) is 18.3 Å². The lowest BCUT2D eigenvalue weighted by Crippen LogP contribution is -2.30. The molecule has 1 fully saturated rings. The van der Waals surface area contributed by atoms with Gasteiger partial charge in [-0.05, 0) is 68.4 Å². The number of hydrogen-bond donors (Lipinski definition) is 1. The summed E-state index contributed by atoms with van der Waals surface area (Å²) >= 11 is 0. The van der Waals surface area contributed by atoms with Crippen molar-refractivity contribution < 1.29 is 9.53 Å². The number of aromatic nitrogens is 2. The topological polar surface area (TPSA) is 59.4 Å². The number of halogens is 1. The molecular formula is C23H27ClN4O2. The van der Waals surface area contributed by atoms with E-state index in [4.69, 9.17) is 9.84 Å². The first-order valence-corrected chi connectivity index (χ1v) is 9.93. The Morgan fingerprint density at radius 3 is 2.57 bits per heavy atom. The first-order chi connectivity index (χ1) is 14.2. The summed E-state index contributed by atoms with van der Waals surface area (Å²) in [5, 5.41) is 7.90. The summed E-state index contributed by atoms with van der Waals surface area (Å²) < 4.78 is 7.12. The van der Waals surface area contributed by atoms with Crippen molar-refractivity contribution in [2.45, 2.75) is 6.42 Å². The van der Waals surface area contributed by atoms with Crippen LogP contribution in [0.25, 0.3) is 16.9 Å². The SMILES string of the molecule is CNCC1CCN(C(=O)c2cc(-c3ccc(OC)cc3)n(-c3ccccc3)n2)C1.Cl. The fourth-order valence-corrected chi connectivity index (χ4v) is 3.85. The fraction of sp³-hybridized carbons (Fsp3) is 0.304. The van der Waals surface area contributed by atoms with Gasteiger partial charge in [0.05, 0.1) is 18.5 Å². The number of carbonyl (C=O) groups is 1. The Hall–Kier alpha value is -2.83. The van der Waals surface area contributed by atoms with E-state index in [1.54, 1.807) is 7.11 Å². The zero-order valence-electron chi connectivity index (χ0n) is 17.2. The van der Waals surface area contributed by atoms with Crippen LogP contribution in [0.3, 0.4) is 0 Å². The van der Waals surface area contributed by atoms with Gasteiger partial charge in [0.1, 0.15) is 5.75 Å². The van der Waals surface area contributed by atoms with E-state index in [0.717, 1.165) is 48.7 Å². The molecule has 30 heavy (non-hydrogen) atoms. The lowest BCUT2D eigenvalue weighted by molar-refractivity contribution is 0.0781. The van der Waals surface area contributed by atoms with Crippen LogP contribution in [0.5, 0.6) is 5.75 Å². The summed E-state index contributed by atoms with van der Waals surface area (Å²) in [4.78, 5) is 15.0. The van der Waals surface area contributed by atoms with Crippen LogP contribution in [0.4, 0.5) is 0 Å². The maximum absolute atomic E-state index is 13.1. The third-order valence-corrected chi connectivity index (χ3v) is 5.38. The molecule has 0 radical (unpaired) electrons. The lowest BCUT2D eigenvalue weighted by atomic mass is 10.1. The first kappa shape index (κ1) is 21.9. The number of nitrogens with one attached hydrogen (secondary N) is 1. The number of para-hydroxylation sites is 1. The third kappa shape index (κ3) is 4.50. The summed E-state index contributed by atoms with van der Waals surface area (Å²) in [7, 11) is 3.60. The number of hydrogen-bond acceptors (Lipinski definition) is 4. The molecule has 6 nitrogen and oxygen atoms in total. The predicted octanol–water partition coefficient (Wildman–Crippen LogP) is 3.65. The number of ether oxygens (including phenoxy) is 1. The van der Waals surface area contributed by atoms with Gasteiger partial charge in [-0.3, -0.25) is 4.79 Å². The minimum Gasteiger partial charge on any atom is -0.497 e. The molecule has 1 aliphatic rings. The molecule has 4 rings (SSSR count). The van der Waals surface area contributed by atoms with Gasteiger partial charge < -0.3 is 15.0 Å². The van der Waals surface area contributed by atoms with Crippen molar-refractivity contribution >= 4 is 18.3 Å². The van der Waals surface area contributed by atoms with Crippen LogP contribution >= 0.6 is 12.4 Å². The van der Waals surface area contributed by atoms with Gasteiger partial charge in [-0.25, -0.2) is 4.68 Å². The molecule has 2 aromatic carbocycles. The highest BCUT2D eigenvalue weighted by Gasteiger charge is 2.28. The summed E-state index contributed by atoms with van der Waals surface area (Å²) in [6, 6.07) is 19.6. The van der Waals surface area contributed by atoms with Crippen molar-refractivity contribution in [3.8, 4) is 22.7 Å². The molecular weight excluding hydrogens is 400 g/mol. The highest BCUT2D eigenvalue weighted by Crippen LogP contribution is 2.27. The van der Waals surface area contributed by atoms with E-state index < -0.39 is 0 Å². The Balaban J connectivity index is 0.00000256. The molecule has 1 amide bonds. The third-order valence-electron chi connectivity index (χ3n) is 5.38. The van der Waals surface area contributed by atoms with Crippen molar-refractivity contribution in [3.05, 3.63) is 66.4 Å². The van der Waals surface area contributed by atoms with E-state index in [1.165, 1.54) is 0 Å². The summed E-state index contributed by atoms with van der Waals surface area (Å²) in [5.41, 5.74) is 3.26. The zero-order valence-corrected chi connectivity index (χ0v) is 18.1. The highest BCUT2D eigenvalue weighted by molar-refractivity contribution is 5.94. The van der Waals surface area contributed by atoms with E-state index in [1.807, 2.05) is 77.3 Å². The van der Waals surface area contributed by atoms with E-state index in [2.05, 4.69) is 5.32 Å². The number of likely N-dealkylation sites (tertiary alicyclic amines) is 1. The number of amides is 1. The summed E-state index contributed by atoms with van der Waals surface area (Å²) in [6.45, 7) is 2.48. The Morgan fingerprint density at radius 2 is 1.90 bits per heavy atom. The number of carbonyl (C=O) groups excluding carboxylic acids is 1. The Labute approximate surface area is 183 Å². The monoisotopic (exact) mass is 426 g/mol. The van der Waals surface area contributed by atoms with Gasteiger partial charge in [0.25, 0.3) is 5.91 Å². The lowest BCUT2D eigenvalue weighted by Gasteiger charge is -2.15. The van der Waals surface area contributed by atoms with E-state index in [0.29, 0.717) is 11.6 Å². The van der Waals surface area contributed by atoms with E-state index in [9.17, 15) is 4.79 Å².